The zero-order chi connectivity index (χ0) is 24.7. The Morgan fingerprint density at radius 1 is 0.971 bits per heavy atom. The van der Waals surface area contributed by atoms with Crippen LogP contribution in [0.1, 0.15) is 46.0 Å². The molecule has 0 bridgehead atoms. The summed E-state index contributed by atoms with van der Waals surface area (Å²) in [6, 6.07) is 22.4. The first-order valence-corrected chi connectivity index (χ1v) is 11.1. The van der Waals surface area contributed by atoms with Gasteiger partial charge in [0.2, 0.25) is 0 Å². The minimum absolute atomic E-state index is 0.137. The number of allylic oxidation sites excluding steroid dienone is 3. The molecule has 1 aliphatic rings. The molecule has 0 unspecified atom stereocenters. The van der Waals surface area contributed by atoms with Crippen molar-refractivity contribution in [1.82, 2.24) is 9.55 Å². The van der Waals surface area contributed by atoms with Crippen LogP contribution in [0.15, 0.2) is 60.3 Å². The van der Waals surface area contributed by atoms with Gasteiger partial charge in [-0.15, -0.1) is 0 Å². The average molecular weight is 453 g/mol. The number of nitrogens with zero attached hydrogens (tertiary/aromatic N) is 5. The molecule has 0 spiro atoms. The number of nitrogen functional groups attached to an aromatic ring is 1. The largest absolute Gasteiger partial charge is 0.383 e. The molecule has 2 heterocycles. The number of aromatic nitrogens is 2. The van der Waals surface area contributed by atoms with Gasteiger partial charge in [0.15, 0.2) is 0 Å². The van der Waals surface area contributed by atoms with Crippen LogP contribution >= 0.6 is 0 Å². The number of hydrogen-bond acceptors (Lipinski definition) is 5. The number of para-hydroxylation sites is 1. The summed E-state index contributed by atoms with van der Waals surface area (Å²) >= 11 is 0. The molecule has 2 aromatic heterocycles. The molecule has 0 atom stereocenters. The lowest BCUT2D eigenvalue weighted by atomic mass is 9.95. The van der Waals surface area contributed by atoms with Crippen LogP contribution in [0.3, 0.4) is 0 Å². The Bertz CT molecular complexity index is 1730. The van der Waals surface area contributed by atoms with Gasteiger partial charge >= 0.3 is 0 Å². The summed E-state index contributed by atoms with van der Waals surface area (Å²) in [6.07, 6.45) is 4.12. The van der Waals surface area contributed by atoms with Crippen LogP contribution in [0.5, 0.6) is 0 Å². The van der Waals surface area contributed by atoms with E-state index in [2.05, 4.69) is 52.2 Å². The van der Waals surface area contributed by atoms with Gasteiger partial charge in [-0.3, -0.25) is 0 Å². The minimum atomic E-state index is 0.137. The second kappa shape index (κ2) is 8.34. The Balaban J connectivity index is 1.73. The summed E-state index contributed by atoms with van der Waals surface area (Å²) in [5, 5.41) is 30.1. The van der Waals surface area contributed by atoms with Gasteiger partial charge in [-0.1, -0.05) is 36.4 Å². The molecule has 35 heavy (non-hydrogen) atoms. The fourth-order valence-corrected chi connectivity index (χ4v) is 4.82. The molecular formula is C29H20N6. The van der Waals surface area contributed by atoms with Crippen molar-refractivity contribution in [3.63, 3.8) is 0 Å². The molecule has 2 aromatic carbocycles. The Morgan fingerprint density at radius 2 is 1.71 bits per heavy atom. The summed E-state index contributed by atoms with van der Waals surface area (Å²) in [5.74, 6) is 0.137. The molecule has 5 rings (SSSR count). The van der Waals surface area contributed by atoms with E-state index in [-0.39, 0.29) is 5.82 Å². The average Bonchev–Trinajstić information content (AvgIpc) is 3.34. The van der Waals surface area contributed by atoms with Crippen LogP contribution in [-0.4, -0.2) is 9.55 Å². The van der Waals surface area contributed by atoms with Gasteiger partial charge in [0.25, 0.3) is 0 Å². The van der Waals surface area contributed by atoms with Crippen LogP contribution in [-0.2, 0) is 6.54 Å². The highest BCUT2D eigenvalue weighted by Gasteiger charge is 2.30. The SMILES string of the molecule is CC1=C(C#N)c2nc(N)c(C#N)c(C)c2/C1=C/c1cn(Cc2ccccc2C#N)c2ccccc12. The van der Waals surface area contributed by atoms with Crippen molar-refractivity contribution < 1.29 is 0 Å². The first-order chi connectivity index (χ1) is 17.0. The molecule has 2 N–H and O–H groups in total. The molecule has 0 saturated carbocycles. The zero-order valence-corrected chi connectivity index (χ0v) is 19.3. The van der Waals surface area contributed by atoms with Crippen molar-refractivity contribution in [3.05, 3.63) is 99.4 Å². The van der Waals surface area contributed by atoms with E-state index in [4.69, 9.17) is 5.73 Å². The summed E-state index contributed by atoms with van der Waals surface area (Å²) in [4.78, 5) is 4.42. The number of hydrogen-bond donors (Lipinski definition) is 1. The van der Waals surface area contributed by atoms with E-state index < -0.39 is 0 Å². The van der Waals surface area contributed by atoms with E-state index in [1.807, 2.05) is 50.2 Å². The number of fused-ring (bicyclic) bond motifs is 2. The highest BCUT2D eigenvalue weighted by atomic mass is 15.0. The maximum Gasteiger partial charge on any atom is 0.142 e. The van der Waals surface area contributed by atoms with E-state index in [1.54, 1.807) is 0 Å². The monoisotopic (exact) mass is 452 g/mol. The van der Waals surface area contributed by atoms with Crippen LogP contribution < -0.4 is 5.73 Å². The quantitative estimate of drug-likeness (QED) is 0.436. The first kappa shape index (κ1) is 21.7. The topological polar surface area (TPSA) is 115 Å². The molecule has 0 amide bonds. The van der Waals surface area contributed by atoms with Gasteiger partial charge in [0, 0.05) is 34.8 Å². The molecule has 0 aliphatic heterocycles. The van der Waals surface area contributed by atoms with Gasteiger partial charge in [-0.25, -0.2) is 4.98 Å². The Morgan fingerprint density at radius 3 is 2.46 bits per heavy atom. The third-order valence-corrected chi connectivity index (χ3v) is 6.58. The van der Waals surface area contributed by atoms with Crippen molar-refractivity contribution in [1.29, 1.82) is 15.8 Å². The van der Waals surface area contributed by atoms with Crippen molar-refractivity contribution in [2.45, 2.75) is 20.4 Å². The zero-order valence-electron chi connectivity index (χ0n) is 19.3. The van der Waals surface area contributed by atoms with Gasteiger partial charge in [-0.2, -0.15) is 15.8 Å². The molecule has 6 heteroatoms. The molecule has 4 aromatic rings. The molecule has 0 fully saturated rings. The second-order valence-electron chi connectivity index (χ2n) is 8.50. The van der Waals surface area contributed by atoms with Crippen LogP contribution in [0.2, 0.25) is 0 Å². The standard InChI is InChI=1S/C29H20N6/c1-17-23(27-18(2)25(14-32)29(33)34-28(27)24(17)13-31)11-21-16-35(26-10-6-5-9-22(21)26)15-20-8-4-3-7-19(20)12-30/h3-11,16H,15H2,1-2H3,(H2,33,34)/b23-11+. The van der Waals surface area contributed by atoms with E-state index in [1.165, 1.54) is 0 Å². The van der Waals surface area contributed by atoms with E-state index in [0.29, 0.717) is 28.9 Å². The van der Waals surface area contributed by atoms with Gasteiger partial charge in [0.1, 0.15) is 18.0 Å². The predicted octanol–water partition coefficient (Wildman–Crippen LogP) is 5.57. The molecule has 1 aliphatic carbocycles. The van der Waals surface area contributed by atoms with Crippen LogP contribution in [0, 0.1) is 40.9 Å². The van der Waals surface area contributed by atoms with Crippen LogP contribution in [0.4, 0.5) is 5.82 Å². The number of rotatable bonds is 3. The number of pyridine rings is 1. The van der Waals surface area contributed by atoms with E-state index in [0.717, 1.165) is 44.3 Å². The molecule has 0 radical (unpaired) electrons. The fraction of sp³-hybridized carbons (Fsp3) is 0.103. The maximum atomic E-state index is 9.85. The number of anilines is 1. The van der Waals surface area contributed by atoms with Crippen LogP contribution in [0.25, 0.3) is 28.1 Å². The third-order valence-electron chi connectivity index (χ3n) is 6.58. The fourth-order valence-electron chi connectivity index (χ4n) is 4.82. The van der Waals surface area contributed by atoms with Gasteiger partial charge in [0.05, 0.1) is 28.5 Å². The normalized spacial score (nSPS) is 13.5. The van der Waals surface area contributed by atoms with Gasteiger partial charge in [-0.05, 0) is 54.3 Å². The summed E-state index contributed by atoms with van der Waals surface area (Å²) in [5.41, 5.74) is 14.1. The number of nitriles is 3. The predicted molar refractivity (Wildman–Crippen MR) is 136 cm³/mol. The lowest BCUT2D eigenvalue weighted by molar-refractivity contribution is 0.833. The van der Waals surface area contributed by atoms with Crippen molar-refractivity contribution in [3.8, 4) is 18.2 Å². The lowest BCUT2D eigenvalue weighted by Gasteiger charge is -2.10. The highest BCUT2D eigenvalue weighted by molar-refractivity contribution is 6.10. The summed E-state index contributed by atoms with van der Waals surface area (Å²) in [7, 11) is 0. The minimum Gasteiger partial charge on any atom is -0.383 e. The molecular weight excluding hydrogens is 432 g/mol. The molecule has 0 saturated heterocycles. The van der Waals surface area contributed by atoms with E-state index in [9.17, 15) is 15.8 Å². The van der Waals surface area contributed by atoms with Crippen molar-refractivity contribution in [2.24, 2.45) is 0 Å². The number of nitrogens with two attached hydrogens (primary N) is 1. The summed E-state index contributed by atoms with van der Waals surface area (Å²) in [6.45, 7) is 4.30. The highest BCUT2D eigenvalue weighted by Crippen LogP contribution is 2.44. The summed E-state index contributed by atoms with van der Waals surface area (Å²) < 4.78 is 2.13. The smallest absolute Gasteiger partial charge is 0.142 e. The van der Waals surface area contributed by atoms with Crippen molar-refractivity contribution in [2.75, 3.05) is 5.73 Å². The first-order valence-electron chi connectivity index (χ1n) is 11.1. The Labute approximate surface area is 203 Å². The Kier molecular flexibility index (Phi) is 5.17. The van der Waals surface area contributed by atoms with Gasteiger partial charge < -0.3 is 10.3 Å². The lowest BCUT2D eigenvalue weighted by Crippen LogP contribution is -2.03. The number of benzene rings is 2. The maximum absolute atomic E-state index is 9.85. The third kappa shape index (κ3) is 3.35. The molecule has 166 valence electrons. The molecule has 6 nitrogen and oxygen atoms in total. The second-order valence-corrected chi connectivity index (χ2v) is 8.50. The Hall–Kier alpha value is -5.12. The van der Waals surface area contributed by atoms with Crippen molar-refractivity contribution >= 4 is 33.9 Å². The van der Waals surface area contributed by atoms with E-state index >= 15 is 0 Å².